The summed E-state index contributed by atoms with van der Waals surface area (Å²) in [7, 11) is 0. The van der Waals surface area contributed by atoms with Crippen LogP contribution in [0.5, 0.6) is 5.75 Å². The molecule has 1 fully saturated rings. The molecule has 1 aliphatic carbocycles. The Morgan fingerprint density at radius 2 is 2.19 bits per heavy atom. The van der Waals surface area contributed by atoms with E-state index in [0.717, 1.165) is 46.9 Å². The van der Waals surface area contributed by atoms with Gasteiger partial charge >= 0.3 is 0 Å². The first-order chi connectivity index (χ1) is 9.97. The van der Waals surface area contributed by atoms with E-state index in [0.29, 0.717) is 0 Å². The molecule has 0 amide bonds. The highest BCUT2D eigenvalue weighted by atomic mass is 79.9. The second-order valence-electron chi connectivity index (χ2n) is 7.28. The Balaban J connectivity index is 1.83. The Hall–Kier alpha value is -0.540. The highest BCUT2D eigenvalue weighted by Gasteiger charge is 2.44. The zero-order chi connectivity index (χ0) is 15.0. The molecule has 3 unspecified atom stereocenters. The minimum absolute atomic E-state index is 0.148. The molecule has 0 bridgehead atoms. The van der Waals surface area contributed by atoms with E-state index in [4.69, 9.17) is 4.74 Å². The lowest BCUT2D eigenvalue weighted by molar-refractivity contribution is -0.0538. The summed E-state index contributed by atoms with van der Waals surface area (Å²) in [5.41, 5.74) is 0.792. The van der Waals surface area contributed by atoms with Crippen LogP contribution in [-0.2, 0) is 0 Å². The van der Waals surface area contributed by atoms with Gasteiger partial charge in [0, 0.05) is 16.5 Å². The number of ether oxygens (including phenoxy) is 1. The van der Waals surface area contributed by atoms with Gasteiger partial charge < -0.3 is 9.84 Å². The lowest BCUT2D eigenvalue weighted by Crippen LogP contribution is -2.45. The number of fused-ring (bicyclic) bond motifs is 1. The van der Waals surface area contributed by atoms with E-state index >= 15 is 0 Å². The molecule has 1 spiro atoms. The zero-order valence-corrected chi connectivity index (χ0v) is 14.5. The second kappa shape index (κ2) is 5.92. The lowest BCUT2D eigenvalue weighted by Gasteiger charge is -2.46. The zero-order valence-electron chi connectivity index (χ0n) is 12.9. The highest BCUT2D eigenvalue weighted by molar-refractivity contribution is 9.10. The van der Waals surface area contributed by atoms with E-state index < -0.39 is 0 Å². The lowest BCUT2D eigenvalue weighted by atomic mass is 9.71. The molecule has 3 rings (SSSR count). The second-order valence-corrected chi connectivity index (χ2v) is 8.19. The topological polar surface area (TPSA) is 29.5 Å². The number of hydrogen-bond acceptors (Lipinski definition) is 2. The molecule has 1 aromatic carbocycles. The van der Waals surface area contributed by atoms with Crippen LogP contribution in [0.1, 0.15) is 64.0 Å². The Kier molecular flexibility index (Phi) is 4.33. The van der Waals surface area contributed by atoms with Crippen LogP contribution < -0.4 is 4.74 Å². The van der Waals surface area contributed by atoms with E-state index in [1.807, 2.05) is 18.2 Å². The molecular weight excluding hydrogens is 328 g/mol. The van der Waals surface area contributed by atoms with Crippen molar-refractivity contribution in [2.45, 2.75) is 64.1 Å². The van der Waals surface area contributed by atoms with Gasteiger partial charge in [0.2, 0.25) is 0 Å². The Morgan fingerprint density at radius 3 is 2.95 bits per heavy atom. The summed E-state index contributed by atoms with van der Waals surface area (Å²) in [6.45, 7) is 4.59. The van der Waals surface area contributed by atoms with Crippen LogP contribution in [0.25, 0.3) is 0 Å². The van der Waals surface area contributed by atoms with Crippen LogP contribution in [0.3, 0.4) is 0 Å². The first-order valence-corrected chi connectivity index (χ1v) is 8.93. The van der Waals surface area contributed by atoms with Crippen LogP contribution in [0.4, 0.5) is 0 Å². The van der Waals surface area contributed by atoms with Gasteiger partial charge in [-0.15, -0.1) is 0 Å². The molecule has 21 heavy (non-hydrogen) atoms. The van der Waals surface area contributed by atoms with Crippen LogP contribution in [0.15, 0.2) is 22.7 Å². The van der Waals surface area contributed by atoms with E-state index in [-0.39, 0.29) is 11.7 Å². The molecule has 116 valence electrons. The Bertz CT molecular complexity index is 514. The maximum Gasteiger partial charge on any atom is 0.127 e. The molecule has 1 aliphatic heterocycles. The third-order valence-corrected chi connectivity index (χ3v) is 5.43. The van der Waals surface area contributed by atoms with Crippen molar-refractivity contribution in [2.24, 2.45) is 11.8 Å². The molecular formula is C18H25BrO2. The van der Waals surface area contributed by atoms with E-state index in [2.05, 4.69) is 29.8 Å². The van der Waals surface area contributed by atoms with Crippen LogP contribution in [0.2, 0.25) is 0 Å². The molecule has 3 atom stereocenters. The summed E-state index contributed by atoms with van der Waals surface area (Å²) in [5.74, 6) is 2.34. The van der Waals surface area contributed by atoms with Gasteiger partial charge in [-0.05, 0) is 49.7 Å². The number of aliphatic hydroxyl groups is 1. The number of hydrogen-bond donors (Lipinski definition) is 1. The van der Waals surface area contributed by atoms with Crippen molar-refractivity contribution in [1.29, 1.82) is 0 Å². The fourth-order valence-corrected chi connectivity index (χ4v) is 4.54. The normalized spacial score (nSPS) is 32.0. The predicted octanol–water partition coefficient (Wildman–Crippen LogP) is 5.24. The van der Waals surface area contributed by atoms with Gasteiger partial charge in [0.1, 0.15) is 11.4 Å². The number of benzene rings is 1. The summed E-state index contributed by atoms with van der Waals surface area (Å²) in [6.07, 6.45) is 6.32. The number of rotatable bonds is 2. The standard InChI is InChI=1S/C18H25BrO2/c1-12(2)8-13-4-3-7-18(10-13)11-16(20)15-6-5-14(19)9-17(15)21-18/h5-6,9,12-13,16,20H,3-4,7-8,10-11H2,1-2H3. The fraction of sp³-hybridized carbons (Fsp3) is 0.667. The van der Waals surface area contributed by atoms with Gasteiger partial charge in [0.05, 0.1) is 6.10 Å². The summed E-state index contributed by atoms with van der Waals surface area (Å²) in [4.78, 5) is 0. The summed E-state index contributed by atoms with van der Waals surface area (Å²) in [6, 6.07) is 5.96. The molecule has 2 aliphatic rings. The minimum Gasteiger partial charge on any atom is -0.487 e. The van der Waals surface area contributed by atoms with Crippen LogP contribution >= 0.6 is 15.9 Å². The van der Waals surface area contributed by atoms with E-state index in [9.17, 15) is 5.11 Å². The maximum atomic E-state index is 10.5. The van der Waals surface area contributed by atoms with Gasteiger partial charge in [-0.2, -0.15) is 0 Å². The average molecular weight is 353 g/mol. The van der Waals surface area contributed by atoms with Crippen molar-refractivity contribution < 1.29 is 9.84 Å². The van der Waals surface area contributed by atoms with E-state index in [1.54, 1.807) is 0 Å². The minimum atomic E-state index is -0.389. The van der Waals surface area contributed by atoms with Gasteiger partial charge in [-0.1, -0.05) is 42.3 Å². The molecule has 2 nitrogen and oxygen atoms in total. The molecule has 0 aromatic heterocycles. The molecule has 1 aromatic rings. The molecule has 1 heterocycles. The van der Waals surface area contributed by atoms with Crippen molar-refractivity contribution in [1.82, 2.24) is 0 Å². The van der Waals surface area contributed by atoms with Crippen molar-refractivity contribution in [3.05, 3.63) is 28.2 Å². The summed E-state index contributed by atoms with van der Waals surface area (Å²) in [5, 5.41) is 10.5. The van der Waals surface area contributed by atoms with Crippen LogP contribution in [0, 0.1) is 11.8 Å². The third-order valence-electron chi connectivity index (χ3n) is 4.94. The highest BCUT2D eigenvalue weighted by Crippen LogP contribution is 2.48. The van der Waals surface area contributed by atoms with Gasteiger partial charge in [-0.3, -0.25) is 0 Å². The van der Waals surface area contributed by atoms with Gasteiger partial charge in [0.15, 0.2) is 0 Å². The summed E-state index contributed by atoms with van der Waals surface area (Å²) >= 11 is 3.51. The first kappa shape index (κ1) is 15.4. The maximum absolute atomic E-state index is 10.5. The predicted molar refractivity (Wildman–Crippen MR) is 88.5 cm³/mol. The van der Waals surface area contributed by atoms with E-state index in [1.165, 1.54) is 19.3 Å². The number of aliphatic hydroxyl groups excluding tert-OH is 1. The quantitative estimate of drug-likeness (QED) is 0.788. The first-order valence-electron chi connectivity index (χ1n) is 8.14. The third kappa shape index (κ3) is 3.29. The molecule has 0 saturated heterocycles. The van der Waals surface area contributed by atoms with Crippen LogP contribution in [-0.4, -0.2) is 10.7 Å². The van der Waals surface area contributed by atoms with Crippen molar-refractivity contribution in [3.8, 4) is 5.75 Å². The summed E-state index contributed by atoms with van der Waals surface area (Å²) < 4.78 is 7.45. The SMILES string of the molecule is CC(C)CC1CCCC2(C1)CC(O)c1ccc(Br)cc1O2. The molecule has 3 heteroatoms. The number of halogens is 1. The van der Waals surface area contributed by atoms with Crippen molar-refractivity contribution in [2.75, 3.05) is 0 Å². The molecule has 0 radical (unpaired) electrons. The Morgan fingerprint density at radius 1 is 1.38 bits per heavy atom. The average Bonchev–Trinajstić information content (AvgIpc) is 2.37. The monoisotopic (exact) mass is 352 g/mol. The molecule has 1 saturated carbocycles. The smallest absolute Gasteiger partial charge is 0.127 e. The molecule has 1 N–H and O–H groups in total. The van der Waals surface area contributed by atoms with Crippen molar-refractivity contribution >= 4 is 15.9 Å². The fourth-order valence-electron chi connectivity index (χ4n) is 4.20. The van der Waals surface area contributed by atoms with Crippen molar-refractivity contribution in [3.63, 3.8) is 0 Å². The van der Waals surface area contributed by atoms with Gasteiger partial charge in [0.25, 0.3) is 0 Å². The largest absolute Gasteiger partial charge is 0.487 e. The van der Waals surface area contributed by atoms with Gasteiger partial charge in [-0.25, -0.2) is 0 Å². The Labute approximate surface area is 136 Å².